The maximum atomic E-state index is 12.7. The van der Waals surface area contributed by atoms with Crippen molar-refractivity contribution >= 4 is 11.7 Å². The first kappa shape index (κ1) is 15.3. The van der Waals surface area contributed by atoms with Gasteiger partial charge in [-0.05, 0) is 25.7 Å². The number of hydrogen-bond acceptors (Lipinski definition) is 4. The van der Waals surface area contributed by atoms with Crippen LogP contribution in [-0.4, -0.2) is 34.3 Å². The smallest absolute Gasteiger partial charge is 0.276 e. The molecule has 22 heavy (non-hydrogen) atoms. The second-order valence-electron chi connectivity index (χ2n) is 6.80. The lowest BCUT2D eigenvalue weighted by molar-refractivity contribution is -0.126. The van der Waals surface area contributed by atoms with Crippen LogP contribution in [0, 0.1) is 5.92 Å². The highest BCUT2D eigenvalue weighted by atomic mass is 16.5. The molecule has 1 amide bonds. The van der Waals surface area contributed by atoms with Crippen LogP contribution in [-0.2, 0) is 4.79 Å². The Hall–Kier alpha value is -1.65. The largest absolute Gasteiger partial charge is 0.360 e. The van der Waals surface area contributed by atoms with Crippen LogP contribution in [0.3, 0.4) is 0 Å². The van der Waals surface area contributed by atoms with Gasteiger partial charge in [-0.15, -0.1) is 0 Å². The van der Waals surface area contributed by atoms with Gasteiger partial charge in [0.25, 0.3) is 5.91 Å². The number of nitrogens with zero attached hydrogens (tertiary/aromatic N) is 2. The van der Waals surface area contributed by atoms with Gasteiger partial charge in [-0.2, -0.15) is 0 Å². The van der Waals surface area contributed by atoms with Gasteiger partial charge in [0.1, 0.15) is 11.5 Å². The van der Waals surface area contributed by atoms with E-state index in [2.05, 4.69) is 5.16 Å². The summed E-state index contributed by atoms with van der Waals surface area (Å²) in [5.41, 5.74) is 0.374. The Balaban J connectivity index is 1.76. The molecule has 2 aliphatic rings. The first-order valence-electron chi connectivity index (χ1n) is 8.38. The highest BCUT2D eigenvalue weighted by Gasteiger charge is 2.39. The number of amides is 1. The summed E-state index contributed by atoms with van der Waals surface area (Å²) in [6, 6.07) is 1.80. The Morgan fingerprint density at radius 1 is 1.32 bits per heavy atom. The summed E-state index contributed by atoms with van der Waals surface area (Å²) in [4.78, 5) is 26.8. The summed E-state index contributed by atoms with van der Waals surface area (Å²) in [7, 11) is 0. The number of carbonyl (C=O) groups excluding carboxylic acids is 2. The normalized spacial score (nSPS) is 26.0. The molecule has 5 heteroatoms. The van der Waals surface area contributed by atoms with Crippen molar-refractivity contribution in [1.82, 2.24) is 10.1 Å². The first-order valence-corrected chi connectivity index (χ1v) is 8.38. The molecular weight excluding hydrogens is 280 g/mol. The van der Waals surface area contributed by atoms with E-state index in [4.69, 9.17) is 4.52 Å². The van der Waals surface area contributed by atoms with Crippen LogP contribution in [0.5, 0.6) is 0 Å². The molecule has 2 fully saturated rings. The van der Waals surface area contributed by atoms with E-state index in [1.807, 2.05) is 18.7 Å². The SMILES string of the molecule is CC(C)c1cc(C(=O)N2CCC[C@H]2[C@@H]2CCCCC2=O)no1. The number of carbonyl (C=O) groups is 2. The van der Waals surface area contributed by atoms with Crippen LogP contribution >= 0.6 is 0 Å². The van der Waals surface area contributed by atoms with E-state index in [9.17, 15) is 9.59 Å². The molecule has 2 heterocycles. The van der Waals surface area contributed by atoms with Crippen LogP contribution in [0.25, 0.3) is 0 Å². The zero-order chi connectivity index (χ0) is 15.7. The zero-order valence-corrected chi connectivity index (χ0v) is 13.4. The second kappa shape index (κ2) is 6.23. The fraction of sp³-hybridized carbons (Fsp3) is 0.706. The van der Waals surface area contributed by atoms with Gasteiger partial charge in [0.05, 0.1) is 0 Å². The van der Waals surface area contributed by atoms with Crippen LogP contribution in [0.15, 0.2) is 10.6 Å². The molecule has 0 spiro atoms. The topological polar surface area (TPSA) is 63.4 Å². The molecule has 1 saturated carbocycles. The van der Waals surface area contributed by atoms with Crippen LogP contribution in [0.1, 0.15) is 74.5 Å². The summed E-state index contributed by atoms with van der Waals surface area (Å²) < 4.78 is 5.24. The monoisotopic (exact) mass is 304 g/mol. The van der Waals surface area contributed by atoms with Gasteiger partial charge in [0.2, 0.25) is 0 Å². The van der Waals surface area contributed by atoms with Gasteiger partial charge >= 0.3 is 0 Å². The lowest BCUT2D eigenvalue weighted by atomic mass is 9.82. The van der Waals surface area contributed by atoms with Crippen LogP contribution in [0.2, 0.25) is 0 Å². The summed E-state index contributed by atoms with van der Waals surface area (Å²) >= 11 is 0. The van der Waals surface area contributed by atoms with Crippen molar-refractivity contribution in [3.05, 3.63) is 17.5 Å². The fourth-order valence-electron chi connectivity index (χ4n) is 3.69. The van der Waals surface area contributed by atoms with Gasteiger partial charge in [-0.3, -0.25) is 9.59 Å². The quantitative estimate of drug-likeness (QED) is 0.860. The fourth-order valence-corrected chi connectivity index (χ4v) is 3.69. The zero-order valence-electron chi connectivity index (χ0n) is 13.4. The second-order valence-corrected chi connectivity index (χ2v) is 6.80. The summed E-state index contributed by atoms with van der Waals surface area (Å²) in [6.07, 6.45) is 5.58. The van der Waals surface area contributed by atoms with Crippen LogP contribution in [0.4, 0.5) is 0 Å². The number of hydrogen-bond donors (Lipinski definition) is 0. The molecule has 0 aromatic carbocycles. The summed E-state index contributed by atoms with van der Waals surface area (Å²) in [5, 5.41) is 3.93. The molecule has 1 aromatic rings. The van der Waals surface area contributed by atoms with E-state index in [0.717, 1.165) is 44.4 Å². The molecule has 1 saturated heterocycles. The van der Waals surface area contributed by atoms with E-state index in [1.54, 1.807) is 6.07 Å². The molecule has 0 radical (unpaired) electrons. The number of likely N-dealkylation sites (tertiary alicyclic amines) is 1. The minimum Gasteiger partial charge on any atom is -0.360 e. The Labute approximate surface area is 131 Å². The lowest BCUT2D eigenvalue weighted by Gasteiger charge is -2.32. The molecule has 0 N–H and O–H groups in total. The molecule has 3 rings (SSSR count). The third kappa shape index (κ3) is 2.81. The van der Waals surface area contributed by atoms with Crippen molar-refractivity contribution in [2.24, 2.45) is 5.92 Å². The maximum absolute atomic E-state index is 12.7. The Kier molecular flexibility index (Phi) is 4.32. The molecule has 0 unspecified atom stereocenters. The number of aromatic nitrogens is 1. The van der Waals surface area contributed by atoms with E-state index in [0.29, 0.717) is 17.9 Å². The molecule has 0 bridgehead atoms. The molecule has 120 valence electrons. The number of Topliss-reactive ketones (excluding diaryl/α,β-unsaturated/α-hetero) is 1. The Morgan fingerprint density at radius 3 is 2.82 bits per heavy atom. The van der Waals surface area contributed by atoms with Crippen molar-refractivity contribution < 1.29 is 14.1 Å². The predicted molar refractivity (Wildman–Crippen MR) is 81.6 cm³/mol. The Morgan fingerprint density at radius 2 is 2.14 bits per heavy atom. The highest BCUT2D eigenvalue weighted by Crippen LogP contribution is 2.33. The van der Waals surface area contributed by atoms with Gasteiger partial charge in [0.15, 0.2) is 5.69 Å². The maximum Gasteiger partial charge on any atom is 0.276 e. The molecule has 1 aliphatic carbocycles. The van der Waals surface area contributed by atoms with Crippen molar-refractivity contribution in [1.29, 1.82) is 0 Å². The van der Waals surface area contributed by atoms with Crippen molar-refractivity contribution in [2.45, 2.75) is 64.3 Å². The summed E-state index contributed by atoms with van der Waals surface area (Å²) in [5.74, 6) is 1.21. The lowest BCUT2D eigenvalue weighted by Crippen LogP contribution is -2.43. The first-order chi connectivity index (χ1) is 10.6. The van der Waals surface area contributed by atoms with E-state index >= 15 is 0 Å². The molecule has 5 nitrogen and oxygen atoms in total. The molecule has 2 atom stereocenters. The van der Waals surface area contributed by atoms with E-state index in [1.165, 1.54) is 0 Å². The number of ketones is 1. The average molecular weight is 304 g/mol. The Bertz CT molecular complexity index is 564. The van der Waals surface area contributed by atoms with Gasteiger partial charge in [-0.1, -0.05) is 25.4 Å². The van der Waals surface area contributed by atoms with E-state index < -0.39 is 0 Å². The average Bonchev–Trinajstić information content (AvgIpc) is 3.16. The third-order valence-corrected chi connectivity index (χ3v) is 4.94. The molecule has 1 aromatic heterocycles. The van der Waals surface area contributed by atoms with Crippen molar-refractivity contribution in [2.75, 3.05) is 6.54 Å². The standard InChI is InChI=1S/C17H24N2O3/c1-11(2)16-10-13(18-22-16)17(21)19-9-5-7-14(19)12-6-3-4-8-15(12)20/h10-12,14H,3-9H2,1-2H3/t12-,14-/m0/s1. The van der Waals surface area contributed by atoms with Crippen molar-refractivity contribution in [3.8, 4) is 0 Å². The third-order valence-electron chi connectivity index (χ3n) is 4.94. The van der Waals surface area contributed by atoms with Crippen molar-refractivity contribution in [3.63, 3.8) is 0 Å². The van der Waals surface area contributed by atoms with E-state index in [-0.39, 0.29) is 23.8 Å². The highest BCUT2D eigenvalue weighted by molar-refractivity contribution is 5.93. The number of rotatable bonds is 3. The van der Waals surface area contributed by atoms with Gasteiger partial charge in [0, 0.05) is 36.9 Å². The van der Waals surface area contributed by atoms with Crippen LogP contribution < -0.4 is 0 Å². The van der Waals surface area contributed by atoms with Gasteiger partial charge in [-0.25, -0.2) is 0 Å². The minimum absolute atomic E-state index is 0.0247. The van der Waals surface area contributed by atoms with Gasteiger partial charge < -0.3 is 9.42 Å². The molecule has 1 aliphatic heterocycles. The minimum atomic E-state index is -0.0866. The molecular formula is C17H24N2O3. The summed E-state index contributed by atoms with van der Waals surface area (Å²) in [6.45, 7) is 4.74. The predicted octanol–water partition coefficient (Wildman–Crippen LogP) is 3.16.